The van der Waals surface area contributed by atoms with Gasteiger partial charge in [0.2, 0.25) is 16.0 Å². The molecular formula is C21H26N6O3S. The molecule has 0 unspecified atom stereocenters. The van der Waals surface area contributed by atoms with Crippen LogP contribution in [0, 0.1) is 6.92 Å². The summed E-state index contributed by atoms with van der Waals surface area (Å²) in [5.74, 6) is 1.49. The van der Waals surface area contributed by atoms with Gasteiger partial charge in [0.1, 0.15) is 17.3 Å². The van der Waals surface area contributed by atoms with Crippen molar-refractivity contribution in [3.05, 3.63) is 41.7 Å². The van der Waals surface area contributed by atoms with Crippen molar-refractivity contribution in [1.82, 2.24) is 19.4 Å². The van der Waals surface area contributed by atoms with Gasteiger partial charge in [0.15, 0.2) is 5.58 Å². The van der Waals surface area contributed by atoms with E-state index in [2.05, 4.69) is 19.9 Å². The first-order valence-electron chi connectivity index (χ1n) is 10.7. The van der Waals surface area contributed by atoms with E-state index in [-0.39, 0.29) is 5.75 Å². The Hall–Kier alpha value is -2.72. The number of benzene rings is 1. The van der Waals surface area contributed by atoms with Crippen LogP contribution in [0.15, 0.2) is 34.9 Å². The third-order valence-corrected chi connectivity index (χ3v) is 7.74. The van der Waals surface area contributed by atoms with E-state index in [0.29, 0.717) is 37.5 Å². The van der Waals surface area contributed by atoms with Gasteiger partial charge in [-0.1, -0.05) is 17.3 Å². The van der Waals surface area contributed by atoms with Gasteiger partial charge in [-0.3, -0.25) is 0 Å². The molecule has 2 aliphatic heterocycles. The number of hydrogen-bond acceptors (Lipinski definition) is 8. The van der Waals surface area contributed by atoms with Gasteiger partial charge in [-0.05, 0) is 31.9 Å². The van der Waals surface area contributed by atoms with Crippen molar-refractivity contribution in [2.24, 2.45) is 0 Å². The SMILES string of the molecule is Cc1cc(N2CCN(S(=O)(=O)Cc3noc4ccccc34)CC2)nc(N2CCCC2)n1. The molecule has 0 spiro atoms. The van der Waals surface area contributed by atoms with Crippen LogP contribution in [0.5, 0.6) is 0 Å². The maximum absolute atomic E-state index is 13.0. The van der Waals surface area contributed by atoms with Gasteiger partial charge in [-0.15, -0.1) is 0 Å². The molecule has 0 saturated carbocycles. The summed E-state index contributed by atoms with van der Waals surface area (Å²) in [6.45, 7) is 5.98. The van der Waals surface area contributed by atoms with Crippen LogP contribution in [0.4, 0.5) is 11.8 Å². The first-order valence-corrected chi connectivity index (χ1v) is 12.3. The van der Waals surface area contributed by atoms with E-state index in [1.807, 2.05) is 31.2 Å². The zero-order chi connectivity index (χ0) is 21.4. The maximum Gasteiger partial charge on any atom is 0.227 e. The van der Waals surface area contributed by atoms with E-state index in [1.54, 1.807) is 10.4 Å². The van der Waals surface area contributed by atoms with Crippen LogP contribution in [0.2, 0.25) is 0 Å². The zero-order valence-electron chi connectivity index (χ0n) is 17.6. The molecule has 0 bridgehead atoms. The van der Waals surface area contributed by atoms with Crippen molar-refractivity contribution >= 4 is 32.8 Å². The molecule has 9 nitrogen and oxygen atoms in total. The van der Waals surface area contributed by atoms with Gasteiger partial charge in [0, 0.05) is 56.4 Å². The molecule has 10 heteroatoms. The van der Waals surface area contributed by atoms with Crippen molar-refractivity contribution in [3.63, 3.8) is 0 Å². The second-order valence-corrected chi connectivity index (χ2v) is 10.1. The van der Waals surface area contributed by atoms with Crippen LogP contribution >= 0.6 is 0 Å². The summed E-state index contributed by atoms with van der Waals surface area (Å²) in [5.41, 5.74) is 1.99. The molecule has 0 radical (unpaired) electrons. The van der Waals surface area contributed by atoms with E-state index in [0.717, 1.165) is 35.9 Å². The standard InChI is InChI=1S/C21H26N6O3S/c1-16-14-20(23-21(22-16)26-8-4-5-9-26)25-10-12-27(13-11-25)31(28,29)15-18-17-6-2-3-7-19(17)30-24-18/h2-3,6-7,14H,4-5,8-13,15H2,1H3. The molecule has 1 aromatic carbocycles. The highest BCUT2D eigenvalue weighted by molar-refractivity contribution is 7.88. The van der Waals surface area contributed by atoms with Crippen LogP contribution in [0.3, 0.4) is 0 Å². The molecule has 0 amide bonds. The van der Waals surface area contributed by atoms with E-state index in [1.165, 1.54) is 12.8 Å². The summed E-state index contributed by atoms with van der Waals surface area (Å²) in [6.07, 6.45) is 2.34. The molecule has 2 saturated heterocycles. The number of sulfonamides is 1. The van der Waals surface area contributed by atoms with Crippen LogP contribution in [0.25, 0.3) is 11.0 Å². The highest BCUT2D eigenvalue weighted by atomic mass is 32.2. The predicted molar refractivity (Wildman–Crippen MR) is 119 cm³/mol. The maximum atomic E-state index is 13.0. The average Bonchev–Trinajstić information content (AvgIpc) is 3.44. The summed E-state index contributed by atoms with van der Waals surface area (Å²) in [6, 6.07) is 9.30. The predicted octanol–water partition coefficient (Wildman–Crippen LogP) is 2.18. The Balaban J connectivity index is 1.28. The summed E-state index contributed by atoms with van der Waals surface area (Å²) >= 11 is 0. The lowest BCUT2D eigenvalue weighted by Crippen LogP contribution is -2.49. The quantitative estimate of drug-likeness (QED) is 0.593. The van der Waals surface area contributed by atoms with E-state index < -0.39 is 10.0 Å². The fourth-order valence-corrected chi connectivity index (χ4v) is 5.71. The van der Waals surface area contributed by atoms with Crippen LogP contribution < -0.4 is 9.80 Å². The molecule has 0 aliphatic carbocycles. The highest BCUT2D eigenvalue weighted by Crippen LogP contribution is 2.24. The number of rotatable bonds is 5. The fourth-order valence-electron chi connectivity index (χ4n) is 4.26. The lowest BCUT2D eigenvalue weighted by molar-refractivity contribution is 0.381. The summed E-state index contributed by atoms with van der Waals surface area (Å²) < 4.78 is 32.8. The topological polar surface area (TPSA) is 95.7 Å². The normalized spacial score (nSPS) is 18.2. The van der Waals surface area contributed by atoms with Crippen LogP contribution in [-0.2, 0) is 15.8 Å². The Labute approximate surface area is 181 Å². The number of hydrogen-bond donors (Lipinski definition) is 0. The van der Waals surface area contributed by atoms with E-state index >= 15 is 0 Å². The lowest BCUT2D eigenvalue weighted by atomic mass is 10.2. The van der Waals surface area contributed by atoms with Gasteiger partial charge in [-0.25, -0.2) is 13.4 Å². The smallest absolute Gasteiger partial charge is 0.227 e. The molecule has 0 N–H and O–H groups in total. The first-order chi connectivity index (χ1) is 15.0. The Morgan fingerprint density at radius 2 is 1.71 bits per heavy atom. The Morgan fingerprint density at radius 3 is 2.48 bits per heavy atom. The number of anilines is 2. The van der Waals surface area contributed by atoms with Gasteiger partial charge >= 0.3 is 0 Å². The molecular weight excluding hydrogens is 416 g/mol. The van der Waals surface area contributed by atoms with Gasteiger partial charge < -0.3 is 14.3 Å². The minimum absolute atomic E-state index is 0.157. The molecule has 4 heterocycles. The third kappa shape index (κ3) is 4.09. The van der Waals surface area contributed by atoms with Gasteiger partial charge in [0.05, 0.1) is 0 Å². The van der Waals surface area contributed by atoms with Crippen molar-refractivity contribution in [2.45, 2.75) is 25.5 Å². The van der Waals surface area contributed by atoms with Crippen LogP contribution in [-0.4, -0.2) is 67.1 Å². The number of nitrogens with zero attached hydrogens (tertiary/aromatic N) is 6. The molecule has 164 valence electrons. The van der Waals surface area contributed by atoms with Crippen molar-refractivity contribution in [2.75, 3.05) is 49.1 Å². The molecule has 2 aromatic heterocycles. The van der Waals surface area contributed by atoms with E-state index in [9.17, 15) is 8.42 Å². The molecule has 2 fully saturated rings. The third-order valence-electron chi connectivity index (χ3n) is 5.95. The van der Waals surface area contributed by atoms with E-state index in [4.69, 9.17) is 9.51 Å². The molecule has 31 heavy (non-hydrogen) atoms. The summed E-state index contributed by atoms with van der Waals surface area (Å²) in [4.78, 5) is 13.7. The molecule has 5 rings (SSSR count). The largest absolute Gasteiger partial charge is 0.356 e. The molecule has 3 aromatic rings. The van der Waals surface area contributed by atoms with Gasteiger partial charge in [-0.2, -0.15) is 9.29 Å². The number of aromatic nitrogens is 3. The first kappa shape index (κ1) is 20.2. The average molecular weight is 443 g/mol. The number of para-hydroxylation sites is 1. The summed E-state index contributed by atoms with van der Waals surface area (Å²) in [7, 11) is -3.49. The van der Waals surface area contributed by atoms with Gasteiger partial charge in [0.25, 0.3) is 0 Å². The summed E-state index contributed by atoms with van der Waals surface area (Å²) in [5, 5.41) is 4.73. The fraction of sp³-hybridized carbons (Fsp3) is 0.476. The monoisotopic (exact) mass is 442 g/mol. The van der Waals surface area contributed by atoms with Crippen molar-refractivity contribution < 1.29 is 12.9 Å². The zero-order valence-corrected chi connectivity index (χ0v) is 18.4. The van der Waals surface area contributed by atoms with Crippen molar-refractivity contribution in [1.29, 1.82) is 0 Å². The second-order valence-electron chi connectivity index (χ2n) is 8.13. The van der Waals surface area contributed by atoms with Crippen molar-refractivity contribution in [3.8, 4) is 0 Å². The number of aryl methyl sites for hydroxylation is 1. The minimum Gasteiger partial charge on any atom is -0.356 e. The minimum atomic E-state index is -3.49. The second kappa shape index (κ2) is 8.08. The van der Waals surface area contributed by atoms with Crippen LogP contribution in [0.1, 0.15) is 24.2 Å². The Bertz CT molecular complexity index is 1180. The highest BCUT2D eigenvalue weighted by Gasteiger charge is 2.30. The number of fused-ring (bicyclic) bond motifs is 1. The molecule has 2 aliphatic rings. The Kier molecular flexibility index (Phi) is 5.27. The Morgan fingerprint density at radius 1 is 0.968 bits per heavy atom. The molecule has 0 atom stereocenters. The number of piperazine rings is 1. The lowest BCUT2D eigenvalue weighted by Gasteiger charge is -2.35.